The van der Waals surface area contributed by atoms with Crippen LogP contribution in [0.3, 0.4) is 0 Å². The molecule has 166 valence electrons. The van der Waals surface area contributed by atoms with Crippen LogP contribution in [-0.4, -0.2) is 36.0 Å². The molecule has 7 heteroatoms. The van der Waals surface area contributed by atoms with Crippen molar-refractivity contribution in [1.82, 2.24) is 4.57 Å². The molecule has 1 N–H and O–H groups in total. The number of benzene rings is 1. The number of hydrogen-bond donors (Lipinski definition) is 1. The van der Waals surface area contributed by atoms with Crippen LogP contribution in [0.15, 0.2) is 23.0 Å². The van der Waals surface area contributed by atoms with Gasteiger partial charge in [0.05, 0.1) is 18.6 Å². The number of aromatic nitrogens is 1. The van der Waals surface area contributed by atoms with Gasteiger partial charge in [0.15, 0.2) is 11.6 Å². The molecule has 0 unspecified atom stereocenters. The van der Waals surface area contributed by atoms with Crippen LogP contribution in [0, 0.1) is 5.41 Å². The Balaban J connectivity index is 2.84. The molecular formula is C23H34N2O5. The number of nitrogens with zero attached hydrogens (tertiary/aromatic N) is 2. The third-order valence-corrected chi connectivity index (χ3v) is 4.62. The number of rotatable bonds is 9. The van der Waals surface area contributed by atoms with E-state index in [0.717, 1.165) is 24.2 Å². The lowest BCUT2D eigenvalue weighted by atomic mass is 9.96. The predicted octanol–water partition coefficient (Wildman–Crippen LogP) is 5.13. The summed E-state index contributed by atoms with van der Waals surface area (Å²) in [6, 6.07) is 5.30. The summed E-state index contributed by atoms with van der Waals surface area (Å²) in [5.74, 6) is 1.28. The van der Waals surface area contributed by atoms with Gasteiger partial charge in [0.2, 0.25) is 0 Å². The number of unbranched alkanes of at least 4 members (excludes halogenated alkanes) is 1. The van der Waals surface area contributed by atoms with Gasteiger partial charge in [-0.15, -0.1) is 0 Å². The van der Waals surface area contributed by atoms with Crippen LogP contribution in [0.1, 0.15) is 53.9 Å². The fourth-order valence-corrected chi connectivity index (χ4v) is 3.20. The van der Waals surface area contributed by atoms with Crippen LogP contribution >= 0.6 is 0 Å². The average Bonchev–Trinajstić information content (AvgIpc) is 2.68. The molecule has 1 amide bonds. The van der Waals surface area contributed by atoms with Crippen molar-refractivity contribution in [3.05, 3.63) is 28.6 Å². The second-order valence-electron chi connectivity index (χ2n) is 8.70. The number of anilines is 1. The number of fused-ring (bicyclic) bond motifs is 1. The molecule has 0 aliphatic rings. The molecule has 1 aromatic heterocycles. The minimum atomic E-state index is -1.15. The maximum atomic E-state index is 13.5. The summed E-state index contributed by atoms with van der Waals surface area (Å²) in [7, 11) is 1.44. The maximum absolute atomic E-state index is 13.5. The highest BCUT2D eigenvalue weighted by atomic mass is 16.5. The standard InChI is InChI=1S/C23H34N2O5/c1-7-9-13-30-19-17-11-10-16(29-12-8-2)14-18(17)21(26)25(15-23(3,4)5)20(19)24(6)22(27)28/h10-11,14H,7-9,12-13,15H2,1-6H3,(H,27,28). The molecule has 0 saturated heterocycles. The number of amides is 1. The molecule has 2 aromatic rings. The largest absolute Gasteiger partial charge is 0.494 e. The van der Waals surface area contributed by atoms with Crippen molar-refractivity contribution in [2.45, 2.75) is 60.4 Å². The lowest BCUT2D eigenvalue weighted by molar-refractivity contribution is 0.202. The molecule has 0 atom stereocenters. The zero-order valence-corrected chi connectivity index (χ0v) is 18.9. The third kappa shape index (κ3) is 5.46. The number of carboxylic acid groups (broad SMARTS) is 1. The summed E-state index contributed by atoms with van der Waals surface area (Å²) in [5.41, 5.74) is -0.504. The molecule has 1 aromatic carbocycles. The van der Waals surface area contributed by atoms with Gasteiger partial charge in [-0.05, 0) is 36.5 Å². The first-order valence-corrected chi connectivity index (χ1v) is 10.5. The summed E-state index contributed by atoms with van der Waals surface area (Å²) in [6.45, 7) is 11.4. The average molecular weight is 419 g/mol. The zero-order valence-electron chi connectivity index (χ0n) is 18.9. The molecule has 0 aliphatic heterocycles. The molecule has 2 rings (SSSR count). The van der Waals surface area contributed by atoms with Crippen molar-refractivity contribution in [2.24, 2.45) is 5.41 Å². The fraction of sp³-hybridized carbons (Fsp3) is 0.565. The monoisotopic (exact) mass is 418 g/mol. The van der Waals surface area contributed by atoms with Crippen molar-refractivity contribution >= 4 is 22.7 Å². The minimum Gasteiger partial charge on any atom is -0.494 e. The van der Waals surface area contributed by atoms with Crippen LogP contribution in [0.2, 0.25) is 0 Å². The summed E-state index contributed by atoms with van der Waals surface area (Å²) < 4.78 is 13.3. The SMILES string of the molecule is CCCCOc1c(N(C)C(=O)O)n(CC(C)(C)C)c(=O)c2cc(OCCC)ccc12. The van der Waals surface area contributed by atoms with Gasteiger partial charge in [-0.1, -0.05) is 41.0 Å². The quantitative estimate of drug-likeness (QED) is 0.571. The first kappa shape index (κ1) is 23.6. The summed E-state index contributed by atoms with van der Waals surface area (Å²) in [4.78, 5) is 26.4. The Morgan fingerprint density at radius 2 is 1.80 bits per heavy atom. The van der Waals surface area contributed by atoms with Crippen LogP contribution in [0.25, 0.3) is 10.8 Å². The Hall–Kier alpha value is -2.70. The highest BCUT2D eigenvalue weighted by Crippen LogP contribution is 2.37. The summed E-state index contributed by atoms with van der Waals surface area (Å²) >= 11 is 0. The minimum absolute atomic E-state index is 0.247. The molecule has 1 heterocycles. The molecule has 0 aliphatic carbocycles. The molecule has 0 fully saturated rings. The van der Waals surface area contributed by atoms with Crippen LogP contribution < -0.4 is 19.9 Å². The lowest BCUT2D eigenvalue weighted by Gasteiger charge is -2.28. The Morgan fingerprint density at radius 3 is 2.37 bits per heavy atom. The molecule has 30 heavy (non-hydrogen) atoms. The van der Waals surface area contributed by atoms with Gasteiger partial charge in [0, 0.05) is 19.0 Å². The Bertz CT molecular complexity index is 943. The smallest absolute Gasteiger partial charge is 0.412 e. The number of ether oxygens (including phenoxy) is 2. The lowest BCUT2D eigenvalue weighted by Crippen LogP contribution is -2.35. The van der Waals surface area contributed by atoms with E-state index in [4.69, 9.17) is 9.47 Å². The number of pyridine rings is 1. The second-order valence-corrected chi connectivity index (χ2v) is 8.70. The van der Waals surface area contributed by atoms with E-state index in [1.165, 1.54) is 11.6 Å². The van der Waals surface area contributed by atoms with Crippen molar-refractivity contribution < 1.29 is 19.4 Å². The van der Waals surface area contributed by atoms with Crippen molar-refractivity contribution in [3.8, 4) is 11.5 Å². The Kier molecular flexibility index (Phi) is 7.76. The second kappa shape index (κ2) is 9.87. The molecule has 0 bridgehead atoms. The van der Waals surface area contributed by atoms with E-state index in [-0.39, 0.29) is 16.8 Å². The van der Waals surface area contributed by atoms with Crippen molar-refractivity contribution in [3.63, 3.8) is 0 Å². The van der Waals surface area contributed by atoms with Gasteiger partial charge >= 0.3 is 6.09 Å². The highest BCUT2D eigenvalue weighted by Gasteiger charge is 2.27. The van der Waals surface area contributed by atoms with Crippen LogP contribution in [-0.2, 0) is 6.54 Å². The van der Waals surface area contributed by atoms with E-state index >= 15 is 0 Å². The molecule has 7 nitrogen and oxygen atoms in total. The molecule has 0 spiro atoms. The summed E-state index contributed by atoms with van der Waals surface area (Å²) in [6.07, 6.45) is 1.48. The molecular weight excluding hydrogens is 384 g/mol. The fourth-order valence-electron chi connectivity index (χ4n) is 3.20. The van der Waals surface area contributed by atoms with Gasteiger partial charge in [-0.3, -0.25) is 14.3 Å². The Morgan fingerprint density at radius 1 is 1.10 bits per heavy atom. The van der Waals surface area contributed by atoms with Gasteiger partial charge in [-0.25, -0.2) is 4.79 Å². The number of carbonyl (C=O) groups is 1. The van der Waals surface area contributed by atoms with E-state index in [2.05, 4.69) is 6.92 Å². The van der Waals surface area contributed by atoms with Crippen molar-refractivity contribution in [1.29, 1.82) is 0 Å². The van der Waals surface area contributed by atoms with E-state index < -0.39 is 6.09 Å². The van der Waals surface area contributed by atoms with Gasteiger partial charge < -0.3 is 14.6 Å². The molecule has 0 radical (unpaired) electrons. The van der Waals surface area contributed by atoms with E-state index in [0.29, 0.717) is 42.0 Å². The van der Waals surface area contributed by atoms with E-state index in [1.807, 2.05) is 27.7 Å². The highest BCUT2D eigenvalue weighted by molar-refractivity contribution is 5.97. The van der Waals surface area contributed by atoms with Gasteiger partial charge in [0.25, 0.3) is 5.56 Å². The van der Waals surface area contributed by atoms with Gasteiger partial charge in [0.1, 0.15) is 5.75 Å². The topological polar surface area (TPSA) is 81.0 Å². The third-order valence-electron chi connectivity index (χ3n) is 4.62. The Labute approximate surface area is 178 Å². The zero-order chi connectivity index (χ0) is 22.5. The normalized spacial score (nSPS) is 11.5. The first-order valence-electron chi connectivity index (χ1n) is 10.5. The summed E-state index contributed by atoms with van der Waals surface area (Å²) in [5, 5.41) is 10.7. The van der Waals surface area contributed by atoms with Crippen LogP contribution in [0.5, 0.6) is 11.5 Å². The van der Waals surface area contributed by atoms with E-state index in [9.17, 15) is 14.7 Å². The van der Waals surface area contributed by atoms with E-state index in [1.54, 1.807) is 18.2 Å². The molecule has 0 saturated carbocycles. The first-order chi connectivity index (χ1) is 14.1. The van der Waals surface area contributed by atoms with Gasteiger partial charge in [-0.2, -0.15) is 0 Å². The predicted molar refractivity (Wildman–Crippen MR) is 120 cm³/mol. The number of hydrogen-bond acceptors (Lipinski definition) is 4. The van der Waals surface area contributed by atoms with Crippen molar-refractivity contribution in [2.75, 3.05) is 25.2 Å². The van der Waals surface area contributed by atoms with Crippen LogP contribution in [0.4, 0.5) is 10.6 Å². The maximum Gasteiger partial charge on any atom is 0.412 e.